The van der Waals surface area contributed by atoms with Gasteiger partial charge in [-0.05, 0) is 37.1 Å². The predicted molar refractivity (Wildman–Crippen MR) is 92.4 cm³/mol. The van der Waals surface area contributed by atoms with Gasteiger partial charge in [-0.15, -0.1) is 0 Å². The number of pyridine rings is 1. The molecule has 1 aromatic rings. The van der Waals surface area contributed by atoms with E-state index in [9.17, 15) is 0 Å². The average Bonchev–Trinajstić information content (AvgIpc) is 3.29. The van der Waals surface area contributed by atoms with Crippen molar-refractivity contribution in [2.24, 2.45) is 15.9 Å². The van der Waals surface area contributed by atoms with Crippen LogP contribution in [-0.2, 0) is 6.42 Å². The molecule has 112 valence electrons. The monoisotopic (exact) mass is 291 g/mol. The third kappa shape index (κ3) is 2.84. The van der Waals surface area contributed by atoms with Gasteiger partial charge in [0.25, 0.3) is 0 Å². The van der Waals surface area contributed by atoms with Crippen LogP contribution in [-0.4, -0.2) is 22.4 Å². The van der Waals surface area contributed by atoms with Crippen LogP contribution in [0.3, 0.4) is 0 Å². The molecule has 0 spiro atoms. The van der Waals surface area contributed by atoms with Crippen LogP contribution in [0.1, 0.15) is 25.5 Å². The molecule has 2 atom stereocenters. The van der Waals surface area contributed by atoms with Crippen molar-refractivity contribution < 1.29 is 0 Å². The highest BCUT2D eigenvalue weighted by molar-refractivity contribution is 6.07. The Morgan fingerprint density at radius 1 is 1.50 bits per heavy atom. The minimum atomic E-state index is -0.159. The van der Waals surface area contributed by atoms with Crippen LogP contribution < -0.4 is 0 Å². The molecule has 1 aliphatic heterocycles. The van der Waals surface area contributed by atoms with E-state index in [-0.39, 0.29) is 5.54 Å². The quantitative estimate of drug-likeness (QED) is 0.731. The van der Waals surface area contributed by atoms with Crippen molar-refractivity contribution >= 4 is 11.9 Å². The largest absolute Gasteiger partial charge is 0.280 e. The Labute approximate surface area is 131 Å². The van der Waals surface area contributed by atoms with E-state index in [0.717, 1.165) is 36.4 Å². The summed E-state index contributed by atoms with van der Waals surface area (Å²) in [6.07, 6.45) is 14.7. The number of nitrogens with zero attached hydrogens (tertiary/aromatic N) is 3. The van der Waals surface area contributed by atoms with Crippen LogP contribution in [0.25, 0.3) is 0 Å². The van der Waals surface area contributed by atoms with Crippen molar-refractivity contribution in [3.8, 4) is 0 Å². The van der Waals surface area contributed by atoms with Gasteiger partial charge in [0.1, 0.15) is 5.54 Å². The molecule has 2 heterocycles. The first-order chi connectivity index (χ1) is 10.8. The van der Waals surface area contributed by atoms with E-state index in [0.29, 0.717) is 5.92 Å². The average molecular weight is 291 g/mol. The number of rotatable bonds is 6. The first kappa shape index (κ1) is 14.6. The number of aliphatic imine (C=N–C) groups is 2. The Morgan fingerprint density at radius 2 is 2.41 bits per heavy atom. The summed E-state index contributed by atoms with van der Waals surface area (Å²) in [5.74, 6) is 0.479. The Morgan fingerprint density at radius 3 is 3.09 bits per heavy atom. The zero-order valence-electron chi connectivity index (χ0n) is 12.9. The van der Waals surface area contributed by atoms with Crippen LogP contribution in [0, 0.1) is 5.92 Å². The highest BCUT2D eigenvalue weighted by Crippen LogP contribution is 2.51. The molecule has 3 rings (SSSR count). The maximum Gasteiger partial charge on any atom is 0.109 e. The van der Waals surface area contributed by atoms with Crippen LogP contribution in [0.5, 0.6) is 0 Å². The molecule has 3 nitrogen and oxygen atoms in total. The molecule has 2 unspecified atom stereocenters. The fourth-order valence-corrected chi connectivity index (χ4v) is 2.93. The summed E-state index contributed by atoms with van der Waals surface area (Å²) >= 11 is 0. The topological polar surface area (TPSA) is 37.6 Å². The lowest BCUT2D eigenvalue weighted by molar-refractivity contribution is 0.841. The fourth-order valence-electron chi connectivity index (χ4n) is 2.93. The van der Waals surface area contributed by atoms with Gasteiger partial charge in [-0.2, -0.15) is 0 Å². The molecule has 0 aromatic carbocycles. The summed E-state index contributed by atoms with van der Waals surface area (Å²) in [5.41, 5.74) is 2.90. The molecular weight excluding hydrogens is 270 g/mol. The Hall–Kier alpha value is -2.29. The molecule has 0 saturated heterocycles. The first-order valence-electron chi connectivity index (χ1n) is 7.81. The zero-order valence-corrected chi connectivity index (χ0v) is 12.9. The number of fused-ring (bicyclic) bond motifs is 1. The number of hydrogen-bond acceptors (Lipinski definition) is 3. The third-order valence-corrected chi connectivity index (χ3v) is 4.15. The minimum Gasteiger partial charge on any atom is -0.280 e. The van der Waals surface area contributed by atoms with Crippen molar-refractivity contribution in [2.75, 3.05) is 0 Å². The molecule has 1 fully saturated rings. The molecule has 0 N–H and O–H groups in total. The molecular formula is C19H21N3. The van der Waals surface area contributed by atoms with Gasteiger partial charge < -0.3 is 0 Å². The van der Waals surface area contributed by atoms with Crippen molar-refractivity contribution in [1.82, 2.24) is 4.98 Å². The fraction of sp³-hybridized carbons (Fsp3) is 0.316. The second-order valence-corrected chi connectivity index (χ2v) is 5.70. The summed E-state index contributed by atoms with van der Waals surface area (Å²) in [5, 5.41) is 0. The van der Waals surface area contributed by atoms with E-state index >= 15 is 0 Å². The second kappa shape index (κ2) is 6.22. The molecule has 0 bridgehead atoms. The standard InChI is InChI=1S/C19H21N3/c1-3-8-17(13-16-10-5-6-11-20-16)22-18(4-2)19-14-15(19)9-7-12-21-19/h4-12,15H,2-3,13-14H2,1H3/b17-8-,22-18?. The molecule has 1 aliphatic carbocycles. The van der Waals surface area contributed by atoms with Crippen LogP contribution in [0.2, 0.25) is 0 Å². The number of allylic oxidation sites excluding steroid dienone is 3. The van der Waals surface area contributed by atoms with Crippen LogP contribution in [0.15, 0.2) is 71.0 Å². The number of hydrogen-bond donors (Lipinski definition) is 0. The summed E-state index contributed by atoms with van der Waals surface area (Å²) < 4.78 is 0. The van der Waals surface area contributed by atoms with Gasteiger partial charge in [-0.1, -0.05) is 31.7 Å². The molecule has 0 amide bonds. The van der Waals surface area contributed by atoms with Gasteiger partial charge in [0.15, 0.2) is 0 Å². The van der Waals surface area contributed by atoms with Crippen molar-refractivity contribution in [3.63, 3.8) is 0 Å². The lowest BCUT2D eigenvalue weighted by atomic mass is 10.1. The van der Waals surface area contributed by atoms with Gasteiger partial charge in [-0.25, -0.2) is 0 Å². The number of dihydropyridines is 1. The van der Waals surface area contributed by atoms with E-state index in [2.05, 4.69) is 35.6 Å². The summed E-state index contributed by atoms with van der Waals surface area (Å²) in [6, 6.07) is 5.98. The van der Waals surface area contributed by atoms with E-state index in [1.165, 1.54) is 0 Å². The van der Waals surface area contributed by atoms with E-state index in [1.54, 1.807) is 0 Å². The lowest BCUT2D eigenvalue weighted by Crippen LogP contribution is -2.22. The van der Waals surface area contributed by atoms with Gasteiger partial charge >= 0.3 is 0 Å². The highest BCUT2D eigenvalue weighted by atomic mass is 15.0. The first-order valence-corrected chi connectivity index (χ1v) is 7.81. The zero-order chi connectivity index (χ0) is 15.4. The maximum atomic E-state index is 4.89. The van der Waals surface area contributed by atoms with Crippen molar-refractivity contribution in [2.45, 2.75) is 31.7 Å². The molecule has 2 aliphatic rings. The lowest BCUT2D eigenvalue weighted by Gasteiger charge is -2.15. The summed E-state index contributed by atoms with van der Waals surface area (Å²) in [6.45, 7) is 6.08. The van der Waals surface area contributed by atoms with Crippen molar-refractivity contribution in [3.05, 3.63) is 66.7 Å². The van der Waals surface area contributed by atoms with E-state index in [1.807, 2.05) is 42.8 Å². The SMILES string of the molecule is C=CC(=N/C(=C\CC)Cc1ccccn1)C12CC1C=CC=N2. The van der Waals surface area contributed by atoms with Gasteiger partial charge in [0.2, 0.25) is 0 Å². The molecule has 1 saturated carbocycles. The third-order valence-electron chi connectivity index (χ3n) is 4.15. The van der Waals surface area contributed by atoms with Gasteiger partial charge in [0.05, 0.1) is 5.71 Å². The molecule has 0 radical (unpaired) electrons. The van der Waals surface area contributed by atoms with E-state index < -0.39 is 0 Å². The highest BCUT2D eigenvalue weighted by Gasteiger charge is 2.56. The maximum absolute atomic E-state index is 4.89. The van der Waals surface area contributed by atoms with E-state index in [4.69, 9.17) is 4.99 Å². The van der Waals surface area contributed by atoms with Crippen LogP contribution >= 0.6 is 0 Å². The van der Waals surface area contributed by atoms with Gasteiger partial charge in [0, 0.05) is 36.1 Å². The predicted octanol–water partition coefficient (Wildman–Crippen LogP) is 3.94. The number of aromatic nitrogens is 1. The van der Waals surface area contributed by atoms with Crippen LogP contribution in [0.4, 0.5) is 0 Å². The Balaban J connectivity index is 1.86. The van der Waals surface area contributed by atoms with Crippen molar-refractivity contribution in [1.29, 1.82) is 0 Å². The minimum absolute atomic E-state index is 0.159. The molecule has 22 heavy (non-hydrogen) atoms. The summed E-state index contributed by atoms with van der Waals surface area (Å²) in [4.78, 5) is 14.0. The molecule has 1 aromatic heterocycles. The normalized spacial score (nSPS) is 26.7. The molecule has 3 heteroatoms. The Kier molecular flexibility index (Phi) is 4.14. The smallest absolute Gasteiger partial charge is 0.109 e. The second-order valence-electron chi connectivity index (χ2n) is 5.70. The Bertz CT molecular complexity index is 667. The summed E-state index contributed by atoms with van der Waals surface area (Å²) in [7, 11) is 0. The van der Waals surface area contributed by atoms with Gasteiger partial charge in [-0.3, -0.25) is 15.0 Å².